The van der Waals surface area contributed by atoms with Crippen molar-refractivity contribution in [2.45, 2.75) is 51.1 Å². The first-order chi connectivity index (χ1) is 11.1. The fraction of sp³-hybridized carbons (Fsp3) is 0.667. The van der Waals surface area contributed by atoms with E-state index in [4.69, 9.17) is 4.42 Å². The summed E-state index contributed by atoms with van der Waals surface area (Å²) in [5.74, 6) is 2.10. The average molecular weight is 316 g/mol. The van der Waals surface area contributed by atoms with E-state index in [1.54, 1.807) is 13.0 Å². The second kappa shape index (κ2) is 5.69. The second-order valence-electron chi connectivity index (χ2n) is 7.63. The number of fused-ring (bicyclic) bond motifs is 1. The third-order valence-electron chi connectivity index (χ3n) is 5.89. The van der Waals surface area contributed by atoms with Gasteiger partial charge in [0.2, 0.25) is 5.91 Å². The van der Waals surface area contributed by atoms with Gasteiger partial charge in [-0.15, -0.1) is 0 Å². The number of hydrogen-bond acceptors (Lipinski definition) is 3. The molecular weight excluding hydrogens is 292 g/mol. The van der Waals surface area contributed by atoms with Gasteiger partial charge in [0.1, 0.15) is 12.3 Å². The lowest BCUT2D eigenvalue weighted by Gasteiger charge is -2.39. The number of nitrogens with one attached hydrogen (secondary N) is 1. The summed E-state index contributed by atoms with van der Waals surface area (Å²) in [6.45, 7) is 2.66. The molecule has 2 saturated heterocycles. The maximum Gasteiger partial charge on any atom is 0.255 e. The fourth-order valence-electron chi connectivity index (χ4n) is 5.04. The Balaban J connectivity index is 1.45. The Labute approximate surface area is 136 Å². The van der Waals surface area contributed by atoms with Crippen LogP contribution in [0.3, 0.4) is 0 Å². The predicted molar refractivity (Wildman–Crippen MR) is 84.7 cm³/mol. The molecule has 2 saturated carbocycles. The van der Waals surface area contributed by atoms with Crippen LogP contribution in [0.1, 0.15) is 49.4 Å². The van der Waals surface area contributed by atoms with Crippen LogP contribution < -0.4 is 5.32 Å². The third-order valence-corrected chi connectivity index (χ3v) is 5.89. The molecule has 4 bridgehead atoms. The molecule has 5 heteroatoms. The maximum atomic E-state index is 12.9. The Morgan fingerprint density at radius 3 is 2.52 bits per heavy atom. The summed E-state index contributed by atoms with van der Waals surface area (Å²) in [5, 5.41) is 2.81. The van der Waals surface area contributed by atoms with E-state index in [2.05, 4.69) is 10.2 Å². The van der Waals surface area contributed by atoms with Crippen LogP contribution in [0, 0.1) is 17.8 Å². The molecule has 2 amide bonds. The highest BCUT2D eigenvalue weighted by Gasteiger charge is 2.44. The van der Waals surface area contributed by atoms with Crippen molar-refractivity contribution in [3.05, 3.63) is 24.2 Å². The Hall–Kier alpha value is -1.78. The average Bonchev–Trinajstić information content (AvgIpc) is 2.98. The van der Waals surface area contributed by atoms with Crippen molar-refractivity contribution in [2.24, 2.45) is 17.8 Å². The molecule has 2 aliphatic heterocycles. The summed E-state index contributed by atoms with van der Waals surface area (Å²) >= 11 is 0. The van der Waals surface area contributed by atoms with Gasteiger partial charge in [-0.2, -0.15) is 0 Å². The van der Waals surface area contributed by atoms with Crippen LogP contribution in [0.25, 0.3) is 0 Å². The van der Waals surface area contributed by atoms with E-state index in [1.807, 2.05) is 0 Å². The molecule has 1 aromatic rings. The smallest absolute Gasteiger partial charge is 0.255 e. The van der Waals surface area contributed by atoms with Crippen molar-refractivity contribution in [2.75, 3.05) is 6.54 Å². The van der Waals surface area contributed by atoms with E-state index in [9.17, 15) is 9.59 Å². The van der Waals surface area contributed by atoms with Gasteiger partial charge in [0.25, 0.3) is 5.91 Å². The standard InChI is InChI=1S/C18H24N2O3/c1-11(19-17(21)15-2-3-23-10-15)18(22)20-9-14-5-12-4-13(6-14)8-16(20)7-12/h2-3,10-14,16H,4-9H2,1H3,(H,19,21). The third kappa shape index (κ3) is 2.77. The molecule has 0 radical (unpaired) electrons. The first-order valence-electron chi connectivity index (χ1n) is 8.73. The van der Waals surface area contributed by atoms with Gasteiger partial charge in [-0.05, 0) is 62.8 Å². The van der Waals surface area contributed by atoms with Crippen LogP contribution in [-0.2, 0) is 4.79 Å². The van der Waals surface area contributed by atoms with Crippen molar-refractivity contribution in [3.8, 4) is 0 Å². The van der Waals surface area contributed by atoms with Crippen molar-refractivity contribution >= 4 is 11.8 Å². The van der Waals surface area contributed by atoms with Gasteiger partial charge < -0.3 is 14.6 Å². The Morgan fingerprint density at radius 1 is 1.17 bits per heavy atom. The highest BCUT2D eigenvalue weighted by atomic mass is 16.3. The summed E-state index contributed by atoms with van der Waals surface area (Å²) in [6.07, 6.45) is 9.10. The molecule has 5 nitrogen and oxygen atoms in total. The van der Waals surface area contributed by atoms with Gasteiger partial charge in [-0.3, -0.25) is 9.59 Å². The van der Waals surface area contributed by atoms with E-state index in [1.165, 1.54) is 31.8 Å². The van der Waals surface area contributed by atoms with Crippen LogP contribution in [0.2, 0.25) is 0 Å². The van der Waals surface area contributed by atoms with Gasteiger partial charge in [-0.25, -0.2) is 0 Å². The second-order valence-corrected chi connectivity index (χ2v) is 7.63. The molecule has 3 heterocycles. The number of rotatable bonds is 3. The molecule has 23 heavy (non-hydrogen) atoms. The molecule has 1 N–H and O–H groups in total. The van der Waals surface area contributed by atoms with E-state index in [-0.39, 0.29) is 11.8 Å². The van der Waals surface area contributed by atoms with Crippen molar-refractivity contribution < 1.29 is 14.0 Å². The van der Waals surface area contributed by atoms with E-state index in [0.29, 0.717) is 17.5 Å². The zero-order valence-electron chi connectivity index (χ0n) is 13.5. The van der Waals surface area contributed by atoms with Crippen molar-refractivity contribution in [1.29, 1.82) is 0 Å². The Kier molecular flexibility index (Phi) is 3.66. The van der Waals surface area contributed by atoms with Crippen molar-refractivity contribution in [1.82, 2.24) is 10.2 Å². The van der Waals surface area contributed by atoms with Crippen LogP contribution >= 0.6 is 0 Å². The molecule has 5 rings (SSSR count). The highest BCUT2D eigenvalue weighted by molar-refractivity contribution is 5.97. The number of carbonyl (C=O) groups is 2. The number of nitrogens with zero attached hydrogens (tertiary/aromatic N) is 1. The molecule has 0 aromatic carbocycles. The summed E-state index contributed by atoms with van der Waals surface area (Å²) in [7, 11) is 0. The quantitative estimate of drug-likeness (QED) is 0.931. The normalized spacial score (nSPS) is 33.3. The molecule has 4 aliphatic rings. The van der Waals surface area contributed by atoms with Gasteiger partial charge in [0.05, 0.1) is 11.8 Å². The molecule has 3 atom stereocenters. The number of carbonyl (C=O) groups excluding carboxylic acids is 2. The maximum absolute atomic E-state index is 12.9. The van der Waals surface area contributed by atoms with Crippen LogP contribution in [0.15, 0.2) is 23.0 Å². The van der Waals surface area contributed by atoms with Crippen LogP contribution in [-0.4, -0.2) is 35.3 Å². The number of furan rings is 1. The van der Waals surface area contributed by atoms with E-state index >= 15 is 0 Å². The molecule has 124 valence electrons. The van der Waals surface area contributed by atoms with Gasteiger partial charge in [0.15, 0.2) is 0 Å². The zero-order chi connectivity index (χ0) is 16.0. The lowest BCUT2D eigenvalue weighted by atomic mass is 9.68. The topological polar surface area (TPSA) is 62.6 Å². The summed E-state index contributed by atoms with van der Waals surface area (Å²) in [5.41, 5.74) is 0.459. The predicted octanol–water partition coefficient (Wildman–Crippen LogP) is 2.44. The van der Waals surface area contributed by atoms with Crippen LogP contribution in [0.4, 0.5) is 0 Å². The van der Waals surface area contributed by atoms with Crippen LogP contribution in [0.5, 0.6) is 0 Å². The SMILES string of the molecule is CC(NC(=O)c1ccoc1)C(=O)N1CC2CC3CC(C2)CC1C3. The summed E-state index contributed by atoms with van der Waals surface area (Å²) in [6, 6.07) is 1.50. The first-order valence-corrected chi connectivity index (χ1v) is 8.73. The number of amides is 2. The minimum Gasteiger partial charge on any atom is -0.472 e. The molecule has 4 fully saturated rings. The van der Waals surface area contributed by atoms with Gasteiger partial charge in [0, 0.05) is 12.6 Å². The van der Waals surface area contributed by atoms with Gasteiger partial charge in [-0.1, -0.05) is 0 Å². The Morgan fingerprint density at radius 2 is 1.87 bits per heavy atom. The lowest BCUT2D eigenvalue weighted by molar-refractivity contribution is -0.135. The minimum absolute atomic E-state index is 0.0695. The highest BCUT2D eigenvalue weighted by Crippen LogP contribution is 2.47. The molecule has 3 unspecified atom stereocenters. The number of hydrogen-bond donors (Lipinski definition) is 1. The first kappa shape index (κ1) is 14.8. The molecular formula is C18H24N2O3. The monoisotopic (exact) mass is 316 g/mol. The fourth-order valence-corrected chi connectivity index (χ4v) is 5.04. The largest absolute Gasteiger partial charge is 0.472 e. The van der Waals surface area contributed by atoms with Crippen molar-refractivity contribution in [3.63, 3.8) is 0 Å². The summed E-state index contributed by atoms with van der Waals surface area (Å²) < 4.78 is 4.93. The minimum atomic E-state index is -0.493. The van der Waals surface area contributed by atoms with Gasteiger partial charge >= 0.3 is 0 Å². The summed E-state index contributed by atoms with van der Waals surface area (Å²) in [4.78, 5) is 27.1. The molecule has 0 spiro atoms. The van der Waals surface area contributed by atoms with E-state index in [0.717, 1.165) is 31.2 Å². The molecule has 2 aliphatic carbocycles. The lowest BCUT2D eigenvalue weighted by Crippen LogP contribution is -2.51. The zero-order valence-corrected chi connectivity index (χ0v) is 13.5. The Bertz CT molecular complexity index is 583. The van der Waals surface area contributed by atoms with E-state index < -0.39 is 6.04 Å². The molecule has 1 aromatic heterocycles.